The Hall–Kier alpha value is -1.66. The molecule has 0 aliphatic heterocycles. The van der Waals surface area contributed by atoms with E-state index >= 15 is 0 Å². The molecule has 110 valence electrons. The molecular formula is C14H20N2O3S. The summed E-state index contributed by atoms with van der Waals surface area (Å²) in [6.45, 7) is 6.23. The third-order valence-electron chi connectivity index (χ3n) is 2.38. The third kappa shape index (κ3) is 5.99. The van der Waals surface area contributed by atoms with Crippen LogP contribution in [-0.2, 0) is 4.74 Å². The highest BCUT2D eigenvalue weighted by Gasteiger charge is 2.07. The number of nitrogens with one attached hydrogen (secondary N) is 2. The fourth-order valence-electron chi connectivity index (χ4n) is 1.45. The van der Waals surface area contributed by atoms with Crippen LogP contribution in [0.15, 0.2) is 24.3 Å². The SMILES string of the molecule is CCNC(=S)NC(=O)c1ccc(OCCOCC)cc1. The fraction of sp³-hybridized carbons (Fsp3) is 0.429. The highest BCUT2D eigenvalue weighted by atomic mass is 32.1. The number of amides is 1. The molecule has 0 saturated heterocycles. The van der Waals surface area contributed by atoms with E-state index in [0.717, 1.165) is 0 Å². The first kappa shape index (κ1) is 16.4. The molecule has 6 heteroatoms. The maximum atomic E-state index is 11.8. The number of benzene rings is 1. The average Bonchev–Trinajstić information content (AvgIpc) is 2.44. The van der Waals surface area contributed by atoms with Crippen molar-refractivity contribution in [3.63, 3.8) is 0 Å². The van der Waals surface area contributed by atoms with Crippen molar-refractivity contribution in [2.24, 2.45) is 0 Å². The van der Waals surface area contributed by atoms with Crippen LogP contribution in [0.1, 0.15) is 24.2 Å². The van der Waals surface area contributed by atoms with Gasteiger partial charge in [-0.3, -0.25) is 10.1 Å². The predicted molar refractivity (Wildman–Crippen MR) is 82.2 cm³/mol. The normalized spacial score (nSPS) is 9.90. The summed E-state index contributed by atoms with van der Waals surface area (Å²) in [6.07, 6.45) is 0. The van der Waals surface area contributed by atoms with E-state index in [1.54, 1.807) is 24.3 Å². The molecule has 0 fully saturated rings. The Bertz CT molecular complexity index is 435. The molecule has 5 nitrogen and oxygen atoms in total. The standard InChI is InChI=1S/C14H20N2O3S/c1-3-15-14(20)16-13(17)11-5-7-12(8-6-11)19-10-9-18-4-2/h5-8H,3-4,9-10H2,1-2H3,(H2,15,16,17,20). The van der Waals surface area contributed by atoms with Gasteiger partial charge in [0.05, 0.1) is 6.61 Å². The third-order valence-corrected chi connectivity index (χ3v) is 2.63. The summed E-state index contributed by atoms with van der Waals surface area (Å²) in [7, 11) is 0. The number of thiocarbonyl (C=S) groups is 1. The summed E-state index contributed by atoms with van der Waals surface area (Å²) in [5, 5.41) is 5.78. The van der Waals surface area contributed by atoms with Crippen LogP contribution in [0.5, 0.6) is 5.75 Å². The van der Waals surface area contributed by atoms with Gasteiger partial charge in [-0.25, -0.2) is 0 Å². The van der Waals surface area contributed by atoms with E-state index in [-0.39, 0.29) is 5.91 Å². The molecule has 0 heterocycles. The van der Waals surface area contributed by atoms with Crippen molar-refractivity contribution in [3.05, 3.63) is 29.8 Å². The first-order chi connectivity index (χ1) is 9.67. The summed E-state index contributed by atoms with van der Waals surface area (Å²) in [5.41, 5.74) is 0.530. The number of hydrogen-bond acceptors (Lipinski definition) is 4. The van der Waals surface area contributed by atoms with Gasteiger partial charge in [0, 0.05) is 18.7 Å². The number of ether oxygens (including phenoxy) is 2. The molecule has 0 spiro atoms. The average molecular weight is 296 g/mol. The van der Waals surface area contributed by atoms with Crippen molar-refractivity contribution < 1.29 is 14.3 Å². The van der Waals surface area contributed by atoms with E-state index in [4.69, 9.17) is 21.7 Å². The molecule has 0 unspecified atom stereocenters. The lowest BCUT2D eigenvalue weighted by atomic mass is 10.2. The zero-order valence-corrected chi connectivity index (χ0v) is 12.6. The summed E-state index contributed by atoms with van der Waals surface area (Å²) in [6, 6.07) is 6.88. The van der Waals surface area contributed by atoms with Crippen LogP contribution in [0.4, 0.5) is 0 Å². The second-order valence-electron chi connectivity index (χ2n) is 3.88. The smallest absolute Gasteiger partial charge is 0.257 e. The fourth-order valence-corrected chi connectivity index (χ4v) is 1.68. The molecule has 0 bridgehead atoms. The minimum atomic E-state index is -0.239. The van der Waals surface area contributed by atoms with Crippen molar-refractivity contribution in [2.75, 3.05) is 26.4 Å². The summed E-state index contributed by atoms with van der Waals surface area (Å²) in [5.74, 6) is 0.465. The Morgan fingerprint density at radius 3 is 2.50 bits per heavy atom. The highest BCUT2D eigenvalue weighted by Crippen LogP contribution is 2.12. The van der Waals surface area contributed by atoms with Gasteiger partial charge in [-0.05, 0) is 50.3 Å². The second kappa shape index (κ2) is 9.28. The maximum Gasteiger partial charge on any atom is 0.257 e. The van der Waals surface area contributed by atoms with E-state index in [0.29, 0.717) is 42.8 Å². The molecule has 2 N–H and O–H groups in total. The Balaban J connectivity index is 2.45. The lowest BCUT2D eigenvalue weighted by Crippen LogP contribution is -2.38. The summed E-state index contributed by atoms with van der Waals surface area (Å²) in [4.78, 5) is 11.8. The van der Waals surface area contributed by atoms with E-state index in [1.807, 2.05) is 13.8 Å². The Labute approximate surface area is 124 Å². The molecule has 1 rings (SSSR count). The van der Waals surface area contributed by atoms with Crippen LogP contribution in [0.25, 0.3) is 0 Å². The van der Waals surface area contributed by atoms with Crippen molar-refractivity contribution >= 4 is 23.2 Å². The van der Waals surface area contributed by atoms with Gasteiger partial charge in [-0.2, -0.15) is 0 Å². The monoisotopic (exact) mass is 296 g/mol. The van der Waals surface area contributed by atoms with E-state index in [2.05, 4.69) is 10.6 Å². The Morgan fingerprint density at radius 2 is 1.90 bits per heavy atom. The molecular weight excluding hydrogens is 276 g/mol. The molecule has 0 saturated carbocycles. The first-order valence-electron chi connectivity index (χ1n) is 6.57. The molecule has 0 aliphatic rings. The quantitative estimate of drug-likeness (QED) is 0.593. The van der Waals surface area contributed by atoms with Crippen LogP contribution < -0.4 is 15.4 Å². The van der Waals surface area contributed by atoms with Gasteiger partial charge in [-0.15, -0.1) is 0 Å². The van der Waals surface area contributed by atoms with Gasteiger partial charge in [0.2, 0.25) is 0 Å². The van der Waals surface area contributed by atoms with Gasteiger partial charge in [0.15, 0.2) is 5.11 Å². The molecule has 0 aliphatic carbocycles. The number of carbonyl (C=O) groups is 1. The summed E-state index contributed by atoms with van der Waals surface area (Å²) >= 11 is 4.96. The van der Waals surface area contributed by atoms with Crippen LogP contribution in [0.2, 0.25) is 0 Å². The second-order valence-corrected chi connectivity index (χ2v) is 4.29. The van der Waals surface area contributed by atoms with Crippen LogP contribution in [0, 0.1) is 0 Å². The van der Waals surface area contributed by atoms with Gasteiger partial charge in [0.1, 0.15) is 12.4 Å². The molecule has 20 heavy (non-hydrogen) atoms. The van der Waals surface area contributed by atoms with Gasteiger partial charge >= 0.3 is 0 Å². The topological polar surface area (TPSA) is 59.6 Å². The number of rotatable bonds is 7. The van der Waals surface area contributed by atoms with Crippen molar-refractivity contribution in [3.8, 4) is 5.75 Å². The van der Waals surface area contributed by atoms with Crippen molar-refractivity contribution in [2.45, 2.75) is 13.8 Å². The molecule has 1 aromatic carbocycles. The van der Waals surface area contributed by atoms with Gasteiger partial charge < -0.3 is 14.8 Å². The molecule has 0 aromatic heterocycles. The summed E-state index contributed by atoms with van der Waals surface area (Å²) < 4.78 is 10.6. The van der Waals surface area contributed by atoms with Crippen LogP contribution in [-0.4, -0.2) is 37.4 Å². The largest absolute Gasteiger partial charge is 0.491 e. The minimum Gasteiger partial charge on any atom is -0.491 e. The molecule has 1 aromatic rings. The lowest BCUT2D eigenvalue weighted by Gasteiger charge is -2.09. The zero-order valence-electron chi connectivity index (χ0n) is 11.8. The van der Waals surface area contributed by atoms with Gasteiger partial charge in [0.25, 0.3) is 5.91 Å². The maximum absolute atomic E-state index is 11.8. The van der Waals surface area contributed by atoms with Crippen LogP contribution >= 0.6 is 12.2 Å². The minimum absolute atomic E-state index is 0.239. The Kier molecular flexibility index (Phi) is 7.60. The van der Waals surface area contributed by atoms with Crippen molar-refractivity contribution in [1.82, 2.24) is 10.6 Å². The lowest BCUT2D eigenvalue weighted by molar-refractivity contribution is 0.0976. The van der Waals surface area contributed by atoms with Crippen molar-refractivity contribution in [1.29, 1.82) is 0 Å². The van der Waals surface area contributed by atoms with E-state index in [9.17, 15) is 4.79 Å². The molecule has 1 amide bonds. The number of hydrogen-bond donors (Lipinski definition) is 2. The van der Waals surface area contributed by atoms with E-state index in [1.165, 1.54) is 0 Å². The van der Waals surface area contributed by atoms with Gasteiger partial charge in [-0.1, -0.05) is 0 Å². The molecule has 0 atom stereocenters. The zero-order chi connectivity index (χ0) is 14.8. The number of carbonyl (C=O) groups excluding carboxylic acids is 1. The highest BCUT2D eigenvalue weighted by molar-refractivity contribution is 7.80. The van der Waals surface area contributed by atoms with Crippen LogP contribution in [0.3, 0.4) is 0 Å². The van der Waals surface area contributed by atoms with E-state index < -0.39 is 0 Å². The Morgan fingerprint density at radius 1 is 1.20 bits per heavy atom. The predicted octanol–water partition coefficient (Wildman–Crippen LogP) is 1.73. The molecule has 0 radical (unpaired) electrons. The first-order valence-corrected chi connectivity index (χ1v) is 6.98.